The van der Waals surface area contributed by atoms with Gasteiger partial charge in [-0.05, 0) is 47.0 Å². The molecule has 0 radical (unpaired) electrons. The molecule has 0 amide bonds. The van der Waals surface area contributed by atoms with Crippen molar-refractivity contribution in [2.24, 2.45) is 0 Å². The molecule has 1 unspecified atom stereocenters. The van der Waals surface area contributed by atoms with Gasteiger partial charge in [0.15, 0.2) is 0 Å². The highest BCUT2D eigenvalue weighted by atomic mass is 15.0. The van der Waals surface area contributed by atoms with Gasteiger partial charge in [-0.3, -0.25) is 0 Å². The summed E-state index contributed by atoms with van der Waals surface area (Å²) in [7, 11) is 4.19. The van der Waals surface area contributed by atoms with Crippen LogP contribution in [0.25, 0.3) is 0 Å². The van der Waals surface area contributed by atoms with E-state index in [0.29, 0.717) is 0 Å². The van der Waals surface area contributed by atoms with Crippen molar-refractivity contribution in [2.45, 2.75) is 25.8 Å². The first-order chi connectivity index (χ1) is 5.66. The van der Waals surface area contributed by atoms with Gasteiger partial charge in [-0.2, -0.15) is 0 Å². The molecule has 0 saturated heterocycles. The van der Waals surface area contributed by atoms with Crippen LogP contribution in [-0.2, 0) is 0 Å². The molecular formula is C10H20N2. The van der Waals surface area contributed by atoms with E-state index in [4.69, 9.17) is 6.42 Å². The van der Waals surface area contributed by atoms with Gasteiger partial charge in [-0.1, -0.05) is 5.92 Å². The molecule has 0 aromatic rings. The van der Waals surface area contributed by atoms with Crippen LogP contribution in [0.5, 0.6) is 0 Å². The summed E-state index contributed by atoms with van der Waals surface area (Å²) in [6.45, 7) is 4.19. The lowest BCUT2D eigenvalue weighted by Gasteiger charge is -2.10. The molecule has 1 atom stereocenters. The molecule has 0 aliphatic carbocycles. The normalized spacial score (nSPS) is 12.9. The average molecular weight is 168 g/mol. The van der Waals surface area contributed by atoms with Crippen LogP contribution in [0.4, 0.5) is 0 Å². The number of nitrogens with one attached hydrogen (secondary N) is 1. The zero-order valence-electron chi connectivity index (χ0n) is 8.43. The molecule has 0 aliphatic heterocycles. The van der Waals surface area contributed by atoms with E-state index in [1.807, 2.05) is 6.92 Å². The molecule has 0 bridgehead atoms. The predicted octanol–water partition coefficient (Wildman–Crippen LogP) is 0.940. The molecule has 2 heteroatoms. The number of nitrogens with zero attached hydrogens (tertiary/aromatic N) is 1. The molecule has 12 heavy (non-hydrogen) atoms. The molecule has 70 valence electrons. The molecule has 0 aromatic carbocycles. The Morgan fingerprint density at radius 1 is 1.42 bits per heavy atom. The van der Waals surface area contributed by atoms with Crippen LogP contribution in [0.3, 0.4) is 0 Å². The molecule has 0 aliphatic rings. The first-order valence-corrected chi connectivity index (χ1v) is 4.51. The summed E-state index contributed by atoms with van der Waals surface area (Å²) in [5.41, 5.74) is 0. The molecule has 1 N–H and O–H groups in total. The third-order valence-corrected chi connectivity index (χ3v) is 1.73. The molecular weight excluding hydrogens is 148 g/mol. The molecule has 0 spiro atoms. The molecule has 2 nitrogen and oxygen atoms in total. The summed E-state index contributed by atoms with van der Waals surface area (Å²) >= 11 is 0. The van der Waals surface area contributed by atoms with E-state index in [1.165, 1.54) is 12.8 Å². The Bertz CT molecular complexity index is 135. The Balaban J connectivity index is 3.07. The quantitative estimate of drug-likeness (QED) is 0.469. The second-order valence-electron chi connectivity index (χ2n) is 3.35. The predicted molar refractivity (Wildman–Crippen MR) is 54.1 cm³/mol. The van der Waals surface area contributed by atoms with Crippen LogP contribution in [0.15, 0.2) is 0 Å². The number of terminal acetylenes is 1. The Kier molecular flexibility index (Phi) is 6.84. The van der Waals surface area contributed by atoms with Crippen LogP contribution in [0.1, 0.15) is 19.8 Å². The summed E-state index contributed by atoms with van der Waals surface area (Å²) in [5.74, 6) is 2.64. The maximum absolute atomic E-state index is 5.21. The van der Waals surface area contributed by atoms with Crippen LogP contribution >= 0.6 is 0 Å². The second kappa shape index (κ2) is 7.15. The first kappa shape index (κ1) is 11.5. The molecule has 0 saturated carbocycles. The first-order valence-electron chi connectivity index (χ1n) is 4.51. The summed E-state index contributed by atoms with van der Waals surface area (Å²) in [6, 6.07) is 0.212. The van der Waals surface area contributed by atoms with Gasteiger partial charge in [0.25, 0.3) is 0 Å². The lowest BCUT2D eigenvalue weighted by Crippen LogP contribution is -2.25. The Labute approximate surface area is 76.3 Å². The lowest BCUT2D eigenvalue weighted by molar-refractivity contribution is 0.391. The highest BCUT2D eigenvalue weighted by Crippen LogP contribution is 1.89. The number of rotatable bonds is 6. The van der Waals surface area contributed by atoms with E-state index in [9.17, 15) is 0 Å². The van der Waals surface area contributed by atoms with Crippen LogP contribution < -0.4 is 5.32 Å². The van der Waals surface area contributed by atoms with Gasteiger partial charge in [0.05, 0.1) is 6.04 Å². The van der Waals surface area contributed by atoms with E-state index in [1.54, 1.807) is 0 Å². The van der Waals surface area contributed by atoms with Crippen molar-refractivity contribution in [3.63, 3.8) is 0 Å². The monoisotopic (exact) mass is 168 g/mol. The molecule has 0 rings (SSSR count). The van der Waals surface area contributed by atoms with Crippen LogP contribution in [0, 0.1) is 12.3 Å². The minimum Gasteiger partial charge on any atom is -0.309 e. The Morgan fingerprint density at radius 2 is 2.08 bits per heavy atom. The second-order valence-corrected chi connectivity index (χ2v) is 3.35. The van der Waals surface area contributed by atoms with Gasteiger partial charge in [0.1, 0.15) is 0 Å². The van der Waals surface area contributed by atoms with Gasteiger partial charge in [-0.25, -0.2) is 0 Å². The van der Waals surface area contributed by atoms with Gasteiger partial charge in [0.2, 0.25) is 0 Å². The standard InChI is InChI=1S/C10H20N2/c1-5-10(2)11-8-6-7-9-12(3)4/h1,10-11H,6-9H2,2-4H3. The van der Waals surface area contributed by atoms with Gasteiger partial charge in [0, 0.05) is 0 Å². The van der Waals surface area contributed by atoms with Crippen molar-refractivity contribution >= 4 is 0 Å². The van der Waals surface area contributed by atoms with E-state index in [0.717, 1.165) is 13.1 Å². The third-order valence-electron chi connectivity index (χ3n) is 1.73. The number of hydrogen-bond acceptors (Lipinski definition) is 2. The van der Waals surface area contributed by atoms with Crippen LogP contribution in [0.2, 0.25) is 0 Å². The Hall–Kier alpha value is -0.520. The summed E-state index contributed by atoms with van der Waals surface area (Å²) < 4.78 is 0. The molecule has 0 fully saturated rings. The number of unbranched alkanes of at least 4 members (excludes halogenated alkanes) is 1. The lowest BCUT2D eigenvalue weighted by atomic mass is 10.3. The fourth-order valence-corrected chi connectivity index (χ4v) is 0.931. The molecule has 0 heterocycles. The van der Waals surface area contributed by atoms with Crippen molar-refractivity contribution < 1.29 is 0 Å². The van der Waals surface area contributed by atoms with Crippen molar-refractivity contribution in [3.8, 4) is 12.3 Å². The van der Waals surface area contributed by atoms with E-state index in [2.05, 4.69) is 30.2 Å². The minimum atomic E-state index is 0.212. The summed E-state index contributed by atoms with van der Waals surface area (Å²) in [4.78, 5) is 2.20. The van der Waals surface area contributed by atoms with E-state index < -0.39 is 0 Å². The smallest absolute Gasteiger partial charge is 0.0658 e. The SMILES string of the molecule is C#CC(C)NCCCCN(C)C. The zero-order valence-corrected chi connectivity index (χ0v) is 8.43. The number of hydrogen-bond donors (Lipinski definition) is 1. The van der Waals surface area contributed by atoms with Gasteiger partial charge in [-0.15, -0.1) is 6.42 Å². The summed E-state index contributed by atoms with van der Waals surface area (Å²) in [5, 5.41) is 3.25. The third kappa shape index (κ3) is 7.59. The highest BCUT2D eigenvalue weighted by molar-refractivity contribution is 4.95. The van der Waals surface area contributed by atoms with Crippen molar-refractivity contribution in [1.29, 1.82) is 0 Å². The average Bonchev–Trinajstić information content (AvgIpc) is 2.03. The fourth-order valence-electron chi connectivity index (χ4n) is 0.931. The van der Waals surface area contributed by atoms with Crippen molar-refractivity contribution in [1.82, 2.24) is 10.2 Å². The minimum absolute atomic E-state index is 0.212. The maximum atomic E-state index is 5.21. The Morgan fingerprint density at radius 3 is 2.58 bits per heavy atom. The van der Waals surface area contributed by atoms with Crippen molar-refractivity contribution in [2.75, 3.05) is 27.2 Å². The fraction of sp³-hybridized carbons (Fsp3) is 0.800. The highest BCUT2D eigenvalue weighted by Gasteiger charge is 1.94. The van der Waals surface area contributed by atoms with E-state index >= 15 is 0 Å². The van der Waals surface area contributed by atoms with Gasteiger partial charge >= 0.3 is 0 Å². The zero-order chi connectivity index (χ0) is 9.40. The van der Waals surface area contributed by atoms with Crippen LogP contribution in [-0.4, -0.2) is 38.1 Å². The topological polar surface area (TPSA) is 15.3 Å². The summed E-state index contributed by atoms with van der Waals surface area (Å²) in [6.07, 6.45) is 7.65. The van der Waals surface area contributed by atoms with E-state index in [-0.39, 0.29) is 6.04 Å². The molecule has 0 aromatic heterocycles. The van der Waals surface area contributed by atoms with Crippen molar-refractivity contribution in [3.05, 3.63) is 0 Å². The van der Waals surface area contributed by atoms with Gasteiger partial charge < -0.3 is 10.2 Å². The largest absolute Gasteiger partial charge is 0.309 e. The maximum Gasteiger partial charge on any atom is 0.0658 e.